The fourth-order valence-corrected chi connectivity index (χ4v) is 4.52. The molecule has 0 unspecified atom stereocenters. The molecule has 0 radical (unpaired) electrons. The zero-order valence-electron chi connectivity index (χ0n) is 19.8. The average Bonchev–Trinajstić information content (AvgIpc) is 2.87. The van der Waals surface area contributed by atoms with Crippen molar-refractivity contribution in [3.05, 3.63) is 95.3 Å². The molecular weight excluding hydrogens is 462 g/mol. The van der Waals surface area contributed by atoms with Crippen molar-refractivity contribution in [1.29, 1.82) is 0 Å². The van der Waals surface area contributed by atoms with E-state index in [9.17, 15) is 9.59 Å². The molecule has 0 spiro atoms. The number of hydrogen-bond donors (Lipinski definition) is 0. The van der Waals surface area contributed by atoms with Crippen LogP contribution in [0.2, 0.25) is 5.02 Å². The number of hydrogen-bond acceptors (Lipinski definition) is 4. The topological polar surface area (TPSA) is 62.7 Å². The number of carbonyl (C=O) groups excluding carboxylic acids is 2. The molecule has 182 valence electrons. The summed E-state index contributed by atoms with van der Waals surface area (Å²) in [6, 6.07) is 20.9. The maximum atomic E-state index is 13.2. The number of rotatable bonds is 8. The third-order valence-corrected chi connectivity index (χ3v) is 6.57. The average molecular weight is 492 g/mol. The first-order valence-electron chi connectivity index (χ1n) is 11.8. The number of ether oxygens (including phenoxy) is 1. The van der Waals surface area contributed by atoms with Gasteiger partial charge in [-0.1, -0.05) is 48.0 Å². The van der Waals surface area contributed by atoms with Crippen molar-refractivity contribution in [2.45, 2.75) is 31.9 Å². The minimum atomic E-state index is -0.173. The van der Waals surface area contributed by atoms with Crippen molar-refractivity contribution in [1.82, 2.24) is 14.8 Å². The summed E-state index contributed by atoms with van der Waals surface area (Å²) in [5.41, 5.74) is 1.96. The van der Waals surface area contributed by atoms with Crippen LogP contribution in [0.15, 0.2) is 79.1 Å². The summed E-state index contributed by atoms with van der Waals surface area (Å²) in [6.07, 6.45) is 4.49. The molecule has 0 N–H and O–H groups in total. The minimum Gasteiger partial charge on any atom is -0.490 e. The summed E-state index contributed by atoms with van der Waals surface area (Å²) in [5, 5.41) is 0.641. The highest BCUT2D eigenvalue weighted by Gasteiger charge is 2.35. The number of piperidine rings is 1. The molecule has 6 nitrogen and oxygen atoms in total. The summed E-state index contributed by atoms with van der Waals surface area (Å²) >= 11 is 6.02. The standard InChI is InChI=1S/C28H30ClN3O3/c1-31(19-21-6-3-2-4-7-21)27(33)17-23-20-32(28(34)16-22-8-5-14-30-18-22)15-13-26(23)35-25-11-9-24(29)10-12-25/h2-12,14,18,23,26H,13,15-17,19-20H2,1H3/t23-,26-/m0/s1. The SMILES string of the molecule is CN(Cc1ccccc1)C(=O)C[C@H]1CN(C(=O)Cc2cccnc2)CC[C@@H]1Oc1ccc(Cl)cc1. The fraction of sp³-hybridized carbons (Fsp3) is 0.321. The first-order valence-corrected chi connectivity index (χ1v) is 12.2. The first kappa shape index (κ1) is 24.7. The lowest BCUT2D eigenvalue weighted by atomic mass is 9.90. The van der Waals surface area contributed by atoms with Crippen molar-refractivity contribution >= 4 is 23.4 Å². The van der Waals surface area contributed by atoms with Crippen LogP contribution in [0.1, 0.15) is 24.0 Å². The molecule has 7 heteroatoms. The van der Waals surface area contributed by atoms with E-state index in [1.54, 1.807) is 29.4 Å². The number of benzene rings is 2. The quantitative estimate of drug-likeness (QED) is 0.461. The van der Waals surface area contributed by atoms with Gasteiger partial charge in [0.25, 0.3) is 0 Å². The second kappa shape index (κ2) is 11.8. The molecular formula is C28H30ClN3O3. The summed E-state index contributed by atoms with van der Waals surface area (Å²) in [7, 11) is 1.82. The smallest absolute Gasteiger partial charge is 0.227 e. The highest BCUT2D eigenvalue weighted by Crippen LogP contribution is 2.27. The lowest BCUT2D eigenvalue weighted by Gasteiger charge is -2.39. The molecule has 1 aliphatic heterocycles. The highest BCUT2D eigenvalue weighted by atomic mass is 35.5. The summed E-state index contributed by atoms with van der Waals surface area (Å²) in [6.45, 7) is 1.60. The maximum Gasteiger partial charge on any atom is 0.227 e. The van der Waals surface area contributed by atoms with Crippen LogP contribution >= 0.6 is 11.6 Å². The molecule has 0 aliphatic carbocycles. The predicted molar refractivity (Wildman–Crippen MR) is 136 cm³/mol. The van der Waals surface area contributed by atoms with Gasteiger partial charge in [-0.25, -0.2) is 0 Å². The Morgan fingerprint density at radius 3 is 2.51 bits per heavy atom. The van der Waals surface area contributed by atoms with Crippen molar-refractivity contribution < 1.29 is 14.3 Å². The Morgan fingerprint density at radius 2 is 1.80 bits per heavy atom. The van der Waals surface area contributed by atoms with Gasteiger partial charge in [0.1, 0.15) is 11.9 Å². The number of aromatic nitrogens is 1. The number of amides is 2. The van der Waals surface area contributed by atoms with E-state index in [2.05, 4.69) is 4.98 Å². The second-order valence-electron chi connectivity index (χ2n) is 8.98. The van der Waals surface area contributed by atoms with Crippen LogP contribution < -0.4 is 4.74 Å². The van der Waals surface area contributed by atoms with Crippen molar-refractivity contribution in [3.63, 3.8) is 0 Å². The molecule has 1 aromatic heterocycles. The Bertz CT molecular complexity index is 1110. The molecule has 2 aromatic carbocycles. The van der Waals surface area contributed by atoms with Gasteiger partial charge >= 0.3 is 0 Å². The van der Waals surface area contributed by atoms with Gasteiger partial charge in [-0.3, -0.25) is 14.6 Å². The zero-order valence-corrected chi connectivity index (χ0v) is 20.6. The maximum absolute atomic E-state index is 13.2. The second-order valence-corrected chi connectivity index (χ2v) is 9.41. The first-order chi connectivity index (χ1) is 17.0. The number of likely N-dealkylation sites (tertiary alicyclic amines) is 1. The number of halogens is 1. The van der Waals surface area contributed by atoms with E-state index in [-0.39, 0.29) is 23.8 Å². The summed E-state index contributed by atoms with van der Waals surface area (Å²) in [5.74, 6) is 0.663. The normalized spacial score (nSPS) is 17.6. The highest BCUT2D eigenvalue weighted by molar-refractivity contribution is 6.30. The molecule has 35 heavy (non-hydrogen) atoms. The van der Waals surface area contributed by atoms with E-state index in [4.69, 9.17) is 16.3 Å². The molecule has 2 amide bonds. The number of carbonyl (C=O) groups is 2. The van der Waals surface area contributed by atoms with E-state index >= 15 is 0 Å². The third-order valence-electron chi connectivity index (χ3n) is 6.32. The van der Waals surface area contributed by atoms with Gasteiger partial charge < -0.3 is 14.5 Å². The molecule has 4 rings (SSSR count). The van der Waals surface area contributed by atoms with Crippen LogP contribution in [-0.2, 0) is 22.6 Å². The molecule has 2 heterocycles. The van der Waals surface area contributed by atoms with Gasteiger partial charge in [-0.2, -0.15) is 0 Å². The van der Waals surface area contributed by atoms with E-state index in [1.165, 1.54) is 0 Å². The van der Waals surface area contributed by atoms with Crippen LogP contribution in [-0.4, -0.2) is 52.8 Å². The Morgan fingerprint density at radius 1 is 1.06 bits per heavy atom. The zero-order chi connectivity index (χ0) is 24.6. The van der Waals surface area contributed by atoms with Gasteiger partial charge in [0.15, 0.2) is 0 Å². The molecule has 0 bridgehead atoms. The lowest BCUT2D eigenvalue weighted by molar-refractivity contribution is -0.138. The lowest BCUT2D eigenvalue weighted by Crippen LogP contribution is -2.49. The molecule has 3 aromatic rings. The van der Waals surface area contributed by atoms with E-state index in [1.807, 2.05) is 66.5 Å². The molecule has 1 aliphatic rings. The van der Waals surface area contributed by atoms with Gasteiger partial charge in [-0.15, -0.1) is 0 Å². The Kier molecular flexibility index (Phi) is 8.37. The van der Waals surface area contributed by atoms with Crippen LogP contribution in [0.4, 0.5) is 0 Å². The molecule has 1 saturated heterocycles. The van der Waals surface area contributed by atoms with Gasteiger partial charge in [0.05, 0.1) is 6.42 Å². The van der Waals surface area contributed by atoms with Gasteiger partial charge in [0, 0.05) is 62.9 Å². The minimum absolute atomic E-state index is 0.0325. The monoisotopic (exact) mass is 491 g/mol. The number of pyridine rings is 1. The number of nitrogens with zero attached hydrogens (tertiary/aromatic N) is 3. The van der Waals surface area contributed by atoms with Gasteiger partial charge in [0.2, 0.25) is 11.8 Å². The summed E-state index contributed by atoms with van der Waals surface area (Å²) < 4.78 is 6.29. The fourth-order valence-electron chi connectivity index (χ4n) is 4.39. The Hall–Kier alpha value is -3.38. The Balaban J connectivity index is 1.44. The van der Waals surface area contributed by atoms with Crippen molar-refractivity contribution in [2.75, 3.05) is 20.1 Å². The van der Waals surface area contributed by atoms with E-state index in [0.717, 1.165) is 11.1 Å². The predicted octanol–water partition coefficient (Wildman–Crippen LogP) is 4.62. The van der Waals surface area contributed by atoms with E-state index < -0.39 is 0 Å². The molecule has 2 atom stereocenters. The van der Waals surface area contributed by atoms with Gasteiger partial charge in [-0.05, 0) is 41.5 Å². The van der Waals surface area contributed by atoms with Crippen LogP contribution in [0.25, 0.3) is 0 Å². The third kappa shape index (κ3) is 7.06. The van der Waals surface area contributed by atoms with Crippen LogP contribution in [0.5, 0.6) is 5.75 Å². The van der Waals surface area contributed by atoms with E-state index in [0.29, 0.717) is 49.7 Å². The van der Waals surface area contributed by atoms with Crippen LogP contribution in [0.3, 0.4) is 0 Å². The Labute approximate surface area is 211 Å². The van der Waals surface area contributed by atoms with Crippen LogP contribution in [0, 0.1) is 5.92 Å². The summed E-state index contributed by atoms with van der Waals surface area (Å²) in [4.78, 5) is 33.9. The molecule has 1 fully saturated rings. The van der Waals surface area contributed by atoms with Crippen molar-refractivity contribution in [3.8, 4) is 5.75 Å². The largest absolute Gasteiger partial charge is 0.490 e. The van der Waals surface area contributed by atoms with Crippen molar-refractivity contribution in [2.24, 2.45) is 5.92 Å². The molecule has 0 saturated carbocycles.